The van der Waals surface area contributed by atoms with Crippen molar-refractivity contribution in [3.8, 4) is 40.5 Å². The number of aromatic nitrogens is 8. The van der Waals surface area contributed by atoms with Crippen LogP contribution in [0.15, 0.2) is 85.5 Å². The van der Waals surface area contributed by atoms with E-state index in [9.17, 15) is 9.59 Å². The van der Waals surface area contributed by atoms with Gasteiger partial charge < -0.3 is 50.5 Å². The lowest BCUT2D eigenvalue weighted by molar-refractivity contribution is 0.0686. The molecule has 2 aliphatic rings. The topological polar surface area (TPSA) is 271 Å². The zero-order valence-corrected chi connectivity index (χ0v) is 39.0. The van der Waals surface area contributed by atoms with Crippen LogP contribution in [-0.4, -0.2) is 110 Å². The van der Waals surface area contributed by atoms with Gasteiger partial charge in [0.05, 0.1) is 57.5 Å². The zero-order valence-electron chi connectivity index (χ0n) is 37.4. The summed E-state index contributed by atoms with van der Waals surface area (Å²) in [7, 11) is 4.59. The second-order valence-corrected chi connectivity index (χ2v) is 14.7. The van der Waals surface area contributed by atoms with E-state index in [1.807, 2.05) is 25.1 Å². The van der Waals surface area contributed by atoms with E-state index >= 15 is 0 Å². The number of anilines is 2. The normalized spacial score (nSPS) is 13.4. The number of amides is 1. The van der Waals surface area contributed by atoms with Crippen molar-refractivity contribution in [2.24, 2.45) is 0 Å². The first-order valence-corrected chi connectivity index (χ1v) is 20.9. The van der Waals surface area contributed by atoms with Crippen LogP contribution in [0.2, 0.25) is 0 Å². The summed E-state index contributed by atoms with van der Waals surface area (Å²) in [5, 5.41) is 28.3. The Bertz CT molecular complexity index is 2460. The molecule has 67 heavy (non-hydrogen) atoms. The van der Waals surface area contributed by atoms with Gasteiger partial charge in [-0.2, -0.15) is 10.2 Å². The number of hydrogen-bond donors (Lipinski definition) is 4. The number of nitrogens with one attached hydrogen (secondary N) is 1. The summed E-state index contributed by atoms with van der Waals surface area (Å²) in [6.45, 7) is 5.29. The third-order valence-corrected chi connectivity index (χ3v) is 10.5. The molecule has 0 spiro atoms. The Morgan fingerprint density at radius 1 is 0.642 bits per heavy atom. The van der Waals surface area contributed by atoms with Crippen LogP contribution in [0, 0.1) is 0 Å². The molecule has 0 aliphatic carbocycles. The lowest BCUT2D eigenvalue weighted by Gasteiger charge is -2.31. The van der Waals surface area contributed by atoms with Gasteiger partial charge >= 0.3 is 5.97 Å². The SMILES string of the molecule is CCc1cc(C(=O)O)ncc1Oc1ccc(OC)nc1.COc1ccc(Oc2cnc(C(=O)N3CCC(c4ccc(N)nn4)CC3)cc2OC)cn1.Cl.Cl.Nc1ccc(C2CCNCC2)nn1. The van der Waals surface area contributed by atoms with E-state index in [1.54, 1.807) is 48.4 Å². The van der Waals surface area contributed by atoms with Crippen LogP contribution in [-0.2, 0) is 6.42 Å². The van der Waals surface area contributed by atoms with Gasteiger partial charge in [0, 0.05) is 43.1 Å². The van der Waals surface area contributed by atoms with Crippen LogP contribution in [0.4, 0.5) is 11.6 Å². The van der Waals surface area contributed by atoms with Gasteiger partial charge in [0.1, 0.15) is 40.3 Å². The van der Waals surface area contributed by atoms with Gasteiger partial charge in [0.25, 0.3) is 5.91 Å². The third kappa shape index (κ3) is 14.9. The average molecular weight is 962 g/mol. The lowest BCUT2D eigenvalue weighted by Crippen LogP contribution is -2.38. The summed E-state index contributed by atoms with van der Waals surface area (Å²) < 4.78 is 26.9. The predicted octanol–water partition coefficient (Wildman–Crippen LogP) is 6.59. The van der Waals surface area contributed by atoms with Crippen molar-refractivity contribution in [1.29, 1.82) is 0 Å². The van der Waals surface area contributed by atoms with Gasteiger partial charge in [-0.25, -0.2) is 24.7 Å². The van der Waals surface area contributed by atoms with Gasteiger partial charge in [-0.15, -0.1) is 35.0 Å². The molecule has 0 atom stereocenters. The first-order valence-electron chi connectivity index (χ1n) is 20.9. The number of ether oxygens (including phenoxy) is 5. The Hall–Kier alpha value is -7.16. The quantitative estimate of drug-likeness (QED) is 0.101. The highest BCUT2D eigenvalue weighted by molar-refractivity contribution is 5.93. The zero-order chi connectivity index (χ0) is 46.1. The number of rotatable bonds is 12. The van der Waals surface area contributed by atoms with E-state index < -0.39 is 5.97 Å². The summed E-state index contributed by atoms with van der Waals surface area (Å²) in [4.78, 5) is 42.0. The van der Waals surface area contributed by atoms with Crippen molar-refractivity contribution < 1.29 is 38.4 Å². The molecule has 0 aromatic carbocycles. The highest BCUT2D eigenvalue weighted by Crippen LogP contribution is 2.33. The molecule has 22 heteroatoms. The number of pyridine rings is 4. The van der Waals surface area contributed by atoms with Crippen LogP contribution in [0.5, 0.6) is 40.5 Å². The molecule has 8 rings (SSSR count). The molecule has 0 radical (unpaired) electrons. The molecule has 1 amide bonds. The lowest BCUT2D eigenvalue weighted by atomic mass is 9.93. The largest absolute Gasteiger partial charge is 0.493 e. The molecule has 0 unspecified atom stereocenters. The van der Waals surface area contributed by atoms with E-state index in [4.69, 9.17) is 40.3 Å². The maximum absolute atomic E-state index is 13.0. The van der Waals surface area contributed by atoms with Crippen molar-refractivity contribution in [2.45, 2.75) is 50.9 Å². The number of carbonyl (C=O) groups excluding carboxylic acids is 1. The molecule has 8 heterocycles. The van der Waals surface area contributed by atoms with Crippen LogP contribution < -0.4 is 40.5 Å². The van der Waals surface area contributed by atoms with Crippen LogP contribution in [0.25, 0.3) is 0 Å². The van der Waals surface area contributed by atoms with Crippen molar-refractivity contribution >= 4 is 48.3 Å². The van der Waals surface area contributed by atoms with E-state index in [1.165, 1.54) is 45.1 Å². The van der Waals surface area contributed by atoms with Gasteiger partial charge in [0.2, 0.25) is 11.8 Å². The number of aromatic carboxylic acids is 1. The maximum Gasteiger partial charge on any atom is 0.354 e. The molecule has 20 nitrogen and oxygen atoms in total. The fourth-order valence-electron chi connectivity index (χ4n) is 6.90. The fourth-order valence-corrected chi connectivity index (χ4v) is 6.90. The molecular weight excluding hydrogens is 907 g/mol. The first kappa shape index (κ1) is 52.5. The number of nitrogen functional groups attached to an aromatic ring is 2. The standard InChI is InChI=1S/C22H24N6O4.C14H14N2O4.C9H14N4.2ClH/c1-30-18-11-17(24-13-19(18)32-15-3-6-21(31-2)25-12-15)22(29)28-9-7-14(8-10-28)16-4-5-20(23)27-26-16;1-3-9-6-11(14(17)18)15-8-12(9)20-10-4-5-13(19-2)16-7-10;10-9-2-1-8(12-13-9)7-3-5-11-6-4-7;;/h3-6,11-14H,7-10H2,1-2H3,(H2,23,27);4-8H,3H2,1-2H3,(H,17,18);1-2,7,11H,3-6H2,(H2,10,13);2*1H. The van der Waals surface area contributed by atoms with E-state index in [-0.39, 0.29) is 42.3 Å². The highest BCUT2D eigenvalue weighted by atomic mass is 35.5. The Kier molecular flexibility index (Phi) is 20.4. The number of carbonyl (C=O) groups is 2. The number of nitrogens with two attached hydrogens (primary N) is 2. The van der Waals surface area contributed by atoms with Gasteiger partial charge in [-0.3, -0.25) is 4.79 Å². The van der Waals surface area contributed by atoms with Gasteiger partial charge in [0.15, 0.2) is 11.5 Å². The summed E-state index contributed by atoms with van der Waals surface area (Å²) >= 11 is 0. The minimum absolute atomic E-state index is 0. The summed E-state index contributed by atoms with van der Waals surface area (Å²) in [5.41, 5.74) is 14.1. The number of likely N-dealkylation sites (tertiary alicyclic amines) is 1. The highest BCUT2D eigenvalue weighted by Gasteiger charge is 2.27. The molecule has 356 valence electrons. The Morgan fingerprint density at radius 2 is 1.16 bits per heavy atom. The molecule has 2 saturated heterocycles. The number of carboxylic acids is 1. The average Bonchev–Trinajstić information content (AvgIpc) is 3.35. The van der Waals surface area contributed by atoms with E-state index in [0.29, 0.717) is 83.3 Å². The Labute approximate surface area is 400 Å². The van der Waals surface area contributed by atoms with Gasteiger partial charge in [-0.1, -0.05) is 6.92 Å². The molecule has 6 N–H and O–H groups in total. The Balaban J connectivity index is 0.000000239. The molecule has 0 bridgehead atoms. The number of nitrogens with zero attached hydrogens (tertiary/aromatic N) is 9. The second-order valence-electron chi connectivity index (χ2n) is 14.7. The van der Waals surface area contributed by atoms with Crippen LogP contribution >= 0.6 is 24.8 Å². The summed E-state index contributed by atoms with van der Waals surface area (Å²) in [6.07, 6.45) is 10.5. The summed E-state index contributed by atoms with van der Waals surface area (Å²) in [6, 6.07) is 17.4. The fraction of sp³-hybridized carbons (Fsp3) is 0.333. The van der Waals surface area contributed by atoms with E-state index in [0.717, 1.165) is 55.7 Å². The van der Waals surface area contributed by atoms with Crippen molar-refractivity contribution in [3.63, 3.8) is 0 Å². The number of methoxy groups -OCH3 is 3. The molecule has 6 aromatic rings. The number of halogens is 2. The number of piperidine rings is 2. The number of hydrogen-bond acceptors (Lipinski definition) is 18. The molecule has 0 saturated carbocycles. The second kappa shape index (κ2) is 26.1. The van der Waals surface area contributed by atoms with Gasteiger partial charge in [-0.05, 0) is 93.2 Å². The number of carboxylic acid groups (broad SMARTS) is 1. The minimum Gasteiger partial charge on any atom is -0.493 e. The summed E-state index contributed by atoms with van der Waals surface area (Å²) in [5.74, 6) is 3.83. The predicted molar refractivity (Wildman–Crippen MR) is 253 cm³/mol. The van der Waals surface area contributed by atoms with Crippen molar-refractivity contribution in [2.75, 3.05) is 59.0 Å². The Morgan fingerprint density at radius 3 is 1.63 bits per heavy atom. The monoisotopic (exact) mass is 960 g/mol. The van der Waals surface area contributed by atoms with Crippen LogP contribution in [0.3, 0.4) is 0 Å². The molecule has 6 aromatic heterocycles. The molecule has 2 fully saturated rings. The van der Waals surface area contributed by atoms with Crippen molar-refractivity contribution in [1.82, 2.24) is 50.5 Å². The molecular formula is C45H54Cl2N12O8. The van der Waals surface area contributed by atoms with Crippen LogP contribution in [0.1, 0.15) is 82.4 Å². The first-order chi connectivity index (χ1) is 31.6. The number of aryl methyl sites for hydroxylation is 1. The minimum atomic E-state index is -1.06. The smallest absolute Gasteiger partial charge is 0.354 e. The third-order valence-electron chi connectivity index (χ3n) is 10.5. The molecule has 2 aliphatic heterocycles. The van der Waals surface area contributed by atoms with Crippen molar-refractivity contribution in [3.05, 3.63) is 114 Å². The van der Waals surface area contributed by atoms with E-state index in [2.05, 4.69) is 45.6 Å². The maximum atomic E-state index is 13.0.